The molecular weight excluding hydrogens is 300 g/mol. The summed E-state index contributed by atoms with van der Waals surface area (Å²) in [5.41, 5.74) is 3.73. The van der Waals surface area contributed by atoms with E-state index in [9.17, 15) is 4.79 Å². The zero-order chi connectivity index (χ0) is 16.5. The third-order valence-electron chi connectivity index (χ3n) is 4.42. The summed E-state index contributed by atoms with van der Waals surface area (Å²) in [5.74, 6) is 1.95. The van der Waals surface area contributed by atoms with E-state index in [0.29, 0.717) is 6.42 Å². The molecule has 0 aliphatic carbocycles. The average Bonchev–Trinajstić information content (AvgIpc) is 2.88. The predicted molar refractivity (Wildman–Crippen MR) is 95.2 cm³/mol. The number of imidazole rings is 1. The number of carbonyl (C=O) groups excluding carboxylic acids is 1. The Morgan fingerprint density at radius 2 is 1.96 bits per heavy atom. The maximum absolute atomic E-state index is 12.3. The Labute approximate surface area is 140 Å². The van der Waals surface area contributed by atoms with Gasteiger partial charge in [-0.15, -0.1) is 0 Å². The molecule has 2 heterocycles. The van der Waals surface area contributed by atoms with Gasteiger partial charge in [-0.05, 0) is 42.3 Å². The Kier molecular flexibility index (Phi) is 3.65. The van der Waals surface area contributed by atoms with E-state index in [1.807, 2.05) is 54.6 Å². The van der Waals surface area contributed by atoms with Crippen molar-refractivity contribution < 1.29 is 9.53 Å². The maximum atomic E-state index is 12.3. The molecule has 1 aliphatic rings. The number of aromatic nitrogens is 2. The molecule has 4 rings (SSSR count). The number of rotatable bonds is 3. The fourth-order valence-electron chi connectivity index (χ4n) is 3.20. The number of para-hydroxylation sites is 1. The number of ketones is 1. The molecule has 1 aliphatic heterocycles. The van der Waals surface area contributed by atoms with Crippen LogP contribution in [0.15, 0.2) is 42.5 Å². The van der Waals surface area contributed by atoms with Crippen LogP contribution in [0.4, 0.5) is 0 Å². The minimum Gasteiger partial charge on any atom is -0.497 e. The summed E-state index contributed by atoms with van der Waals surface area (Å²) < 4.78 is 7.34. The zero-order valence-corrected chi connectivity index (χ0v) is 13.5. The third kappa shape index (κ3) is 2.50. The molecule has 0 amide bonds. The highest BCUT2D eigenvalue weighted by molar-refractivity contribution is 6.07. The Bertz CT molecular complexity index is 936. The third-order valence-corrected chi connectivity index (χ3v) is 4.42. The van der Waals surface area contributed by atoms with Crippen molar-refractivity contribution in [3.8, 4) is 5.75 Å². The first-order valence-corrected chi connectivity index (χ1v) is 8.11. The monoisotopic (exact) mass is 318 g/mol. The van der Waals surface area contributed by atoms with Crippen molar-refractivity contribution in [2.24, 2.45) is 0 Å². The number of nitrogens with zero attached hydrogens (tertiary/aromatic N) is 2. The molecule has 24 heavy (non-hydrogen) atoms. The zero-order valence-electron chi connectivity index (χ0n) is 13.5. The van der Waals surface area contributed by atoms with E-state index in [-0.39, 0.29) is 5.78 Å². The van der Waals surface area contributed by atoms with E-state index < -0.39 is 0 Å². The quantitative estimate of drug-likeness (QED) is 0.727. The Morgan fingerprint density at radius 1 is 1.12 bits per heavy atom. The highest BCUT2D eigenvalue weighted by atomic mass is 16.5. The van der Waals surface area contributed by atoms with Gasteiger partial charge in [0.05, 0.1) is 18.1 Å². The van der Waals surface area contributed by atoms with Crippen LogP contribution in [0.25, 0.3) is 23.2 Å². The summed E-state index contributed by atoms with van der Waals surface area (Å²) in [6.45, 7) is 0.821. The number of benzene rings is 2. The summed E-state index contributed by atoms with van der Waals surface area (Å²) in [7, 11) is 1.66. The highest BCUT2D eigenvalue weighted by Gasteiger charge is 2.20. The normalized spacial score (nSPS) is 14.3. The van der Waals surface area contributed by atoms with Gasteiger partial charge in [-0.25, -0.2) is 4.98 Å². The minimum absolute atomic E-state index is 0.213. The largest absolute Gasteiger partial charge is 0.497 e. The fourth-order valence-corrected chi connectivity index (χ4v) is 3.20. The van der Waals surface area contributed by atoms with Crippen molar-refractivity contribution in [2.75, 3.05) is 7.11 Å². The lowest BCUT2D eigenvalue weighted by Gasteiger charge is -2.04. The number of Topliss-reactive ketones (excluding diaryl/α,β-unsaturated/α-hetero) is 1. The van der Waals surface area contributed by atoms with E-state index in [2.05, 4.69) is 4.57 Å². The molecular formula is C20H18N2O2. The van der Waals surface area contributed by atoms with Crippen LogP contribution in [0.2, 0.25) is 0 Å². The van der Waals surface area contributed by atoms with Gasteiger partial charge < -0.3 is 9.30 Å². The van der Waals surface area contributed by atoms with Crippen molar-refractivity contribution in [1.29, 1.82) is 0 Å². The summed E-state index contributed by atoms with van der Waals surface area (Å²) in [6, 6.07) is 13.7. The molecule has 0 spiro atoms. The van der Waals surface area contributed by atoms with Crippen LogP contribution < -0.4 is 4.74 Å². The second-order valence-electron chi connectivity index (χ2n) is 5.93. The topological polar surface area (TPSA) is 44.1 Å². The van der Waals surface area contributed by atoms with Gasteiger partial charge in [0.25, 0.3) is 0 Å². The Morgan fingerprint density at radius 3 is 2.75 bits per heavy atom. The number of methoxy groups -OCH3 is 1. The second kappa shape index (κ2) is 5.96. The molecule has 1 aromatic heterocycles. The summed E-state index contributed by atoms with van der Waals surface area (Å²) >= 11 is 0. The number of hydrogen-bond donors (Lipinski definition) is 0. The van der Waals surface area contributed by atoms with Gasteiger partial charge in [0.15, 0.2) is 5.78 Å². The lowest BCUT2D eigenvalue weighted by Crippen LogP contribution is -1.99. The highest BCUT2D eigenvalue weighted by Crippen LogP contribution is 2.26. The van der Waals surface area contributed by atoms with E-state index in [0.717, 1.165) is 46.7 Å². The lowest BCUT2D eigenvalue weighted by atomic mass is 10.1. The minimum atomic E-state index is 0.213. The molecule has 4 nitrogen and oxygen atoms in total. The molecule has 3 aromatic rings. The molecule has 0 fully saturated rings. The molecule has 0 bridgehead atoms. The van der Waals surface area contributed by atoms with Crippen LogP contribution in [0.3, 0.4) is 0 Å². The molecule has 0 atom stereocenters. The Balaban J connectivity index is 1.76. The Hall–Kier alpha value is -2.88. The molecule has 120 valence electrons. The average molecular weight is 318 g/mol. The van der Waals surface area contributed by atoms with Gasteiger partial charge in [0.1, 0.15) is 11.6 Å². The molecule has 0 N–H and O–H groups in total. The maximum Gasteiger partial charge on any atom is 0.165 e. The van der Waals surface area contributed by atoms with E-state index in [4.69, 9.17) is 9.72 Å². The second-order valence-corrected chi connectivity index (χ2v) is 5.93. The van der Waals surface area contributed by atoms with Crippen LogP contribution in [0, 0.1) is 0 Å². The van der Waals surface area contributed by atoms with Gasteiger partial charge >= 0.3 is 0 Å². The van der Waals surface area contributed by atoms with Crippen LogP contribution >= 0.6 is 0 Å². The molecule has 4 heteroatoms. The summed E-state index contributed by atoms with van der Waals surface area (Å²) in [5, 5.41) is 0. The first-order chi connectivity index (χ1) is 11.8. The number of carbonyl (C=O) groups is 1. The first-order valence-electron chi connectivity index (χ1n) is 8.11. The summed E-state index contributed by atoms with van der Waals surface area (Å²) in [6.07, 6.45) is 5.50. The lowest BCUT2D eigenvalue weighted by molar-refractivity contribution is 0.0982. The van der Waals surface area contributed by atoms with E-state index >= 15 is 0 Å². The van der Waals surface area contributed by atoms with Crippen LogP contribution in [-0.4, -0.2) is 22.4 Å². The smallest absolute Gasteiger partial charge is 0.165 e. The molecule has 0 radical (unpaired) electrons. The number of aryl methyl sites for hydroxylation is 1. The summed E-state index contributed by atoms with van der Waals surface area (Å²) in [4.78, 5) is 17.0. The number of ether oxygens (including phenoxy) is 1. The van der Waals surface area contributed by atoms with Crippen molar-refractivity contribution in [1.82, 2.24) is 9.55 Å². The molecule has 0 unspecified atom stereocenters. The van der Waals surface area contributed by atoms with Crippen LogP contribution in [0.5, 0.6) is 5.75 Å². The fraction of sp³-hybridized carbons (Fsp3) is 0.200. The standard InChI is InChI=1S/C20H18N2O2/c1-24-15-10-7-14(8-11-15)9-12-19-21-17-5-2-4-16-18(23)6-3-13-22(19)20(16)17/h2,4-5,7-12H,3,6,13H2,1H3/b12-9+. The van der Waals surface area contributed by atoms with Crippen molar-refractivity contribution in [3.63, 3.8) is 0 Å². The van der Waals surface area contributed by atoms with Crippen molar-refractivity contribution in [2.45, 2.75) is 19.4 Å². The molecule has 2 aromatic carbocycles. The molecule has 0 saturated heterocycles. The SMILES string of the molecule is COc1ccc(/C=C/c2nc3cccc4c3n2CCCC4=O)cc1. The van der Waals surface area contributed by atoms with Gasteiger partial charge in [-0.1, -0.05) is 24.3 Å². The van der Waals surface area contributed by atoms with E-state index in [1.54, 1.807) is 7.11 Å². The predicted octanol–water partition coefficient (Wildman–Crippen LogP) is 4.19. The van der Waals surface area contributed by atoms with Gasteiger partial charge in [-0.3, -0.25) is 4.79 Å². The van der Waals surface area contributed by atoms with Gasteiger partial charge in [-0.2, -0.15) is 0 Å². The molecule has 0 saturated carbocycles. The van der Waals surface area contributed by atoms with Crippen molar-refractivity contribution >= 4 is 29.0 Å². The van der Waals surface area contributed by atoms with Crippen molar-refractivity contribution in [3.05, 3.63) is 59.4 Å². The van der Waals surface area contributed by atoms with Gasteiger partial charge in [0.2, 0.25) is 0 Å². The van der Waals surface area contributed by atoms with Crippen LogP contribution in [-0.2, 0) is 6.54 Å². The van der Waals surface area contributed by atoms with E-state index in [1.165, 1.54) is 0 Å². The number of hydrogen-bond acceptors (Lipinski definition) is 3. The first kappa shape index (κ1) is 14.7. The van der Waals surface area contributed by atoms with Gasteiger partial charge in [0, 0.05) is 18.5 Å². The van der Waals surface area contributed by atoms with Crippen LogP contribution in [0.1, 0.15) is 34.6 Å².